The molecular formula is C10H12N2OS. The fourth-order valence-corrected chi connectivity index (χ4v) is 1.20. The summed E-state index contributed by atoms with van der Waals surface area (Å²) in [5.41, 5.74) is 1.13. The molecule has 0 aliphatic rings. The van der Waals surface area contributed by atoms with Gasteiger partial charge in [0.05, 0.1) is 0 Å². The Morgan fingerprint density at radius 3 is 2.57 bits per heavy atom. The summed E-state index contributed by atoms with van der Waals surface area (Å²) in [4.78, 5) is 10.6. The lowest BCUT2D eigenvalue weighted by Crippen LogP contribution is -2.37. The van der Waals surface area contributed by atoms with E-state index in [1.54, 1.807) is 0 Å². The molecule has 1 amide bonds. The van der Waals surface area contributed by atoms with Gasteiger partial charge in [0.25, 0.3) is 0 Å². The minimum Gasteiger partial charge on any atom is -0.358 e. The molecule has 1 aromatic carbocycles. The molecule has 14 heavy (non-hydrogen) atoms. The number of benzene rings is 1. The summed E-state index contributed by atoms with van der Waals surface area (Å²) in [5.74, 6) is -0.157. The predicted molar refractivity (Wildman–Crippen MR) is 59.7 cm³/mol. The van der Waals surface area contributed by atoms with Gasteiger partial charge in [0, 0.05) is 13.5 Å². The number of hydrogen-bond donors (Lipinski definition) is 2. The molecule has 2 N–H and O–H groups in total. The second-order valence-corrected chi connectivity index (χ2v) is 3.26. The molecule has 0 heterocycles. The lowest BCUT2D eigenvalue weighted by Gasteiger charge is -2.07. The highest BCUT2D eigenvalue weighted by atomic mass is 32.1. The second kappa shape index (κ2) is 5.34. The third-order valence-corrected chi connectivity index (χ3v) is 1.83. The summed E-state index contributed by atoms with van der Waals surface area (Å²) in [5, 5.41) is 5.79. The van der Waals surface area contributed by atoms with Crippen LogP contribution in [0.1, 0.15) is 12.5 Å². The van der Waals surface area contributed by atoms with Crippen LogP contribution in [0.15, 0.2) is 30.3 Å². The van der Waals surface area contributed by atoms with E-state index in [1.165, 1.54) is 6.92 Å². The van der Waals surface area contributed by atoms with Crippen LogP contribution in [-0.4, -0.2) is 11.0 Å². The summed E-state index contributed by atoms with van der Waals surface area (Å²) >= 11 is 4.89. The molecule has 0 aromatic heterocycles. The normalized spacial score (nSPS) is 9.21. The minimum absolute atomic E-state index is 0.157. The second-order valence-electron chi connectivity index (χ2n) is 2.85. The molecule has 0 radical (unpaired) electrons. The topological polar surface area (TPSA) is 41.1 Å². The smallest absolute Gasteiger partial charge is 0.222 e. The van der Waals surface area contributed by atoms with Crippen molar-refractivity contribution in [3.63, 3.8) is 0 Å². The highest BCUT2D eigenvalue weighted by molar-refractivity contribution is 7.80. The molecular weight excluding hydrogens is 196 g/mol. The Kier molecular flexibility index (Phi) is 4.07. The number of rotatable bonds is 2. The Balaban J connectivity index is 2.34. The molecule has 0 unspecified atom stereocenters. The number of thiocarbonyl (C=S) groups is 1. The minimum atomic E-state index is -0.157. The van der Waals surface area contributed by atoms with E-state index in [-0.39, 0.29) is 5.91 Å². The Morgan fingerprint density at radius 1 is 1.36 bits per heavy atom. The molecule has 0 saturated heterocycles. The number of carbonyl (C=O) groups excluding carboxylic acids is 1. The molecule has 1 rings (SSSR count). The molecule has 3 nitrogen and oxygen atoms in total. The molecule has 0 saturated carbocycles. The van der Waals surface area contributed by atoms with Gasteiger partial charge in [-0.25, -0.2) is 0 Å². The fraction of sp³-hybridized carbons (Fsp3) is 0.200. The van der Waals surface area contributed by atoms with Crippen LogP contribution in [0.25, 0.3) is 0 Å². The largest absolute Gasteiger partial charge is 0.358 e. The van der Waals surface area contributed by atoms with Gasteiger partial charge in [-0.1, -0.05) is 30.3 Å². The average Bonchev–Trinajstić information content (AvgIpc) is 2.15. The van der Waals surface area contributed by atoms with Crippen LogP contribution in [0, 0.1) is 0 Å². The summed E-state index contributed by atoms with van der Waals surface area (Å²) < 4.78 is 0. The van der Waals surface area contributed by atoms with Crippen molar-refractivity contribution in [3.8, 4) is 0 Å². The molecule has 0 aliphatic carbocycles. The summed E-state index contributed by atoms with van der Waals surface area (Å²) in [6, 6.07) is 9.85. The van der Waals surface area contributed by atoms with Crippen LogP contribution in [0.5, 0.6) is 0 Å². The van der Waals surface area contributed by atoms with Crippen molar-refractivity contribution in [1.82, 2.24) is 10.6 Å². The van der Waals surface area contributed by atoms with Crippen molar-refractivity contribution in [2.45, 2.75) is 13.5 Å². The van der Waals surface area contributed by atoms with E-state index in [0.717, 1.165) is 5.56 Å². The standard InChI is InChI=1S/C10H12N2OS/c1-8(13)12-10(14)11-7-9-5-3-2-4-6-9/h2-6H,7H2,1H3,(H2,11,12,13,14). The van der Waals surface area contributed by atoms with E-state index >= 15 is 0 Å². The van der Waals surface area contributed by atoms with E-state index in [9.17, 15) is 4.79 Å². The maximum Gasteiger partial charge on any atom is 0.222 e. The first kappa shape index (κ1) is 10.7. The maximum absolute atomic E-state index is 10.6. The predicted octanol–water partition coefficient (Wildman–Crippen LogP) is 1.20. The number of carbonyl (C=O) groups is 1. The zero-order valence-electron chi connectivity index (χ0n) is 7.91. The zero-order valence-corrected chi connectivity index (χ0v) is 8.73. The van der Waals surface area contributed by atoms with Gasteiger partial charge in [-0.05, 0) is 17.8 Å². The van der Waals surface area contributed by atoms with E-state index < -0.39 is 0 Å². The van der Waals surface area contributed by atoms with Crippen molar-refractivity contribution in [2.24, 2.45) is 0 Å². The zero-order chi connectivity index (χ0) is 10.4. The number of amides is 1. The van der Waals surface area contributed by atoms with Crippen molar-refractivity contribution in [2.75, 3.05) is 0 Å². The van der Waals surface area contributed by atoms with E-state index in [4.69, 9.17) is 12.2 Å². The lowest BCUT2D eigenvalue weighted by atomic mass is 10.2. The quantitative estimate of drug-likeness (QED) is 0.717. The van der Waals surface area contributed by atoms with Gasteiger partial charge in [-0.2, -0.15) is 0 Å². The van der Waals surface area contributed by atoms with Crippen LogP contribution in [0.3, 0.4) is 0 Å². The Morgan fingerprint density at radius 2 is 2.00 bits per heavy atom. The van der Waals surface area contributed by atoms with Crippen LogP contribution >= 0.6 is 12.2 Å². The SMILES string of the molecule is CC(=O)NC(=S)NCc1ccccc1. The summed E-state index contributed by atoms with van der Waals surface area (Å²) in [6.07, 6.45) is 0. The molecule has 1 aromatic rings. The van der Waals surface area contributed by atoms with Crippen LogP contribution in [0.4, 0.5) is 0 Å². The molecule has 0 spiro atoms. The van der Waals surface area contributed by atoms with E-state index in [1.807, 2.05) is 30.3 Å². The van der Waals surface area contributed by atoms with Crippen molar-refractivity contribution in [1.29, 1.82) is 0 Å². The summed E-state index contributed by atoms with van der Waals surface area (Å²) in [7, 11) is 0. The van der Waals surface area contributed by atoms with Gasteiger partial charge in [0.2, 0.25) is 5.91 Å². The van der Waals surface area contributed by atoms with Crippen LogP contribution in [-0.2, 0) is 11.3 Å². The van der Waals surface area contributed by atoms with Crippen LogP contribution < -0.4 is 10.6 Å². The van der Waals surface area contributed by atoms with Gasteiger partial charge in [-0.3, -0.25) is 4.79 Å². The number of nitrogens with one attached hydrogen (secondary N) is 2. The monoisotopic (exact) mass is 208 g/mol. The average molecular weight is 208 g/mol. The third-order valence-electron chi connectivity index (χ3n) is 1.59. The van der Waals surface area contributed by atoms with Crippen LogP contribution in [0.2, 0.25) is 0 Å². The maximum atomic E-state index is 10.6. The van der Waals surface area contributed by atoms with Gasteiger partial charge in [0.1, 0.15) is 0 Å². The van der Waals surface area contributed by atoms with Crippen molar-refractivity contribution in [3.05, 3.63) is 35.9 Å². The first-order valence-electron chi connectivity index (χ1n) is 4.28. The highest BCUT2D eigenvalue weighted by Crippen LogP contribution is 1.96. The van der Waals surface area contributed by atoms with E-state index in [2.05, 4.69) is 10.6 Å². The molecule has 0 aliphatic heterocycles. The van der Waals surface area contributed by atoms with Crippen molar-refractivity contribution >= 4 is 23.2 Å². The Hall–Kier alpha value is -1.42. The third kappa shape index (κ3) is 4.00. The molecule has 4 heteroatoms. The Labute approximate surface area is 88.5 Å². The van der Waals surface area contributed by atoms with Crippen molar-refractivity contribution < 1.29 is 4.79 Å². The Bertz CT molecular complexity index is 324. The number of hydrogen-bond acceptors (Lipinski definition) is 2. The molecule has 74 valence electrons. The van der Waals surface area contributed by atoms with Gasteiger partial charge in [-0.15, -0.1) is 0 Å². The molecule has 0 bridgehead atoms. The summed E-state index contributed by atoms with van der Waals surface area (Å²) in [6.45, 7) is 2.05. The fourth-order valence-electron chi connectivity index (χ4n) is 0.982. The molecule has 0 atom stereocenters. The molecule has 0 fully saturated rings. The van der Waals surface area contributed by atoms with E-state index in [0.29, 0.717) is 11.7 Å². The van der Waals surface area contributed by atoms with Gasteiger partial charge in [0.15, 0.2) is 5.11 Å². The first-order chi connectivity index (χ1) is 6.68. The lowest BCUT2D eigenvalue weighted by molar-refractivity contribution is -0.117. The van der Waals surface area contributed by atoms with Gasteiger partial charge >= 0.3 is 0 Å². The first-order valence-corrected chi connectivity index (χ1v) is 4.68. The highest BCUT2D eigenvalue weighted by Gasteiger charge is 1.97. The van der Waals surface area contributed by atoms with Gasteiger partial charge < -0.3 is 10.6 Å².